The summed E-state index contributed by atoms with van der Waals surface area (Å²) in [7, 11) is 6.08. The number of nitrogens with zero attached hydrogens (tertiary/aromatic N) is 10. The molecule has 10 aliphatic heterocycles. The van der Waals surface area contributed by atoms with Crippen LogP contribution in [0.2, 0.25) is 0 Å². The molecule has 0 aromatic heterocycles. The van der Waals surface area contributed by atoms with Crippen LogP contribution in [0, 0.1) is 46.5 Å². The highest BCUT2D eigenvalue weighted by atomic mass is 19.2. The molecule has 0 saturated carbocycles. The molecule has 458 valence electrons. The molecule has 18 heteroatoms. The number of anilines is 11. The van der Waals surface area contributed by atoms with E-state index in [0.29, 0.717) is 24.4 Å². The van der Waals surface area contributed by atoms with Gasteiger partial charge in [0.15, 0.2) is 0 Å². The highest BCUT2D eigenvalue weighted by Gasteiger charge is 2.44. The van der Waals surface area contributed by atoms with E-state index in [-0.39, 0.29) is 53.4 Å². The van der Waals surface area contributed by atoms with E-state index >= 15 is 0 Å². The van der Waals surface area contributed by atoms with Crippen molar-refractivity contribution in [1.82, 2.24) is 9.80 Å². The standard InChI is InChI=1S/C20H14F2N2.C16H12F2N2.C15H13FN2.C11H10F2N2.C11H11FN2/c21-14-5-8-16(9-6-14)23-18-3-1-2-4-19(18)24-17-10-7-15(22)11-13(17)12-20(23)24;17-12-1-4-14(5-2-12)19-7-8-20-15-6-3-13(18)9-11(15)10-16(19)20;1-17-13-4-2-3-5-14(13)18-12-7-6-11(16)8-10(12)9-15(17)18;1-14-2-3-15-10(14)5-7-4-8(12)6-9(13)11(7)15;1-13-4-5-14-10-3-2-9(12)6-8(10)7-11(13)14/h1-11,20H,12H2;1-9,16H,10H2;2-8,15H,9H2,1H3;2-4,6,10H,5H2,1H3;2-6,11H,7H2,1H3. The Morgan fingerprint density at radius 3 is 1.22 bits per heavy atom. The first-order chi connectivity index (χ1) is 44.1. The Kier molecular flexibility index (Phi) is 14.2. The summed E-state index contributed by atoms with van der Waals surface area (Å²) in [6.45, 7) is 0. The van der Waals surface area contributed by atoms with Gasteiger partial charge in [-0.2, -0.15) is 0 Å². The Morgan fingerprint density at radius 1 is 0.275 bits per heavy atom. The van der Waals surface area contributed by atoms with Crippen LogP contribution >= 0.6 is 0 Å². The number of hydrogen-bond donors (Lipinski definition) is 0. The topological polar surface area (TPSA) is 32.4 Å². The Bertz CT molecular complexity index is 4390. The fraction of sp³-hybridized carbons (Fsp3) is 0.178. The zero-order valence-corrected chi connectivity index (χ0v) is 49.7. The summed E-state index contributed by atoms with van der Waals surface area (Å²) >= 11 is 0. The van der Waals surface area contributed by atoms with Crippen molar-refractivity contribution in [2.45, 2.75) is 62.9 Å². The molecule has 91 heavy (non-hydrogen) atoms. The second-order valence-corrected chi connectivity index (χ2v) is 23.9. The van der Waals surface area contributed by atoms with Crippen LogP contribution in [-0.4, -0.2) is 61.8 Å². The summed E-state index contributed by atoms with van der Waals surface area (Å²) in [5.74, 6) is -2.18. The van der Waals surface area contributed by atoms with E-state index in [9.17, 15) is 35.1 Å². The van der Waals surface area contributed by atoms with E-state index in [0.717, 1.165) is 105 Å². The molecule has 0 N–H and O–H groups in total. The van der Waals surface area contributed by atoms with E-state index in [2.05, 4.69) is 95.0 Å². The molecule has 0 radical (unpaired) electrons. The normalized spacial score (nSPS) is 20.0. The van der Waals surface area contributed by atoms with Gasteiger partial charge in [0.2, 0.25) is 0 Å². The van der Waals surface area contributed by atoms with Crippen molar-refractivity contribution in [2.75, 3.05) is 60.3 Å². The first-order valence-electron chi connectivity index (χ1n) is 30.2. The van der Waals surface area contributed by atoms with Gasteiger partial charge in [-0.25, -0.2) is 35.1 Å². The predicted molar refractivity (Wildman–Crippen MR) is 343 cm³/mol. The second-order valence-electron chi connectivity index (χ2n) is 23.9. The Morgan fingerprint density at radius 2 is 0.648 bits per heavy atom. The lowest BCUT2D eigenvalue weighted by molar-refractivity contribution is 0.368. The summed E-state index contributed by atoms with van der Waals surface area (Å²) in [5.41, 5.74) is 16.3. The highest BCUT2D eigenvalue weighted by molar-refractivity contribution is 5.91. The van der Waals surface area contributed by atoms with Crippen LogP contribution in [0.1, 0.15) is 27.8 Å². The number of benzene rings is 9. The third-order valence-corrected chi connectivity index (χ3v) is 18.6. The van der Waals surface area contributed by atoms with Gasteiger partial charge in [-0.05, 0) is 179 Å². The van der Waals surface area contributed by atoms with Crippen molar-refractivity contribution >= 4 is 62.6 Å². The highest BCUT2D eigenvalue weighted by Crippen LogP contribution is 2.53. The van der Waals surface area contributed by atoms with E-state index in [1.165, 1.54) is 59.9 Å². The first kappa shape index (κ1) is 57.1. The van der Waals surface area contributed by atoms with Crippen LogP contribution in [0.15, 0.2) is 219 Å². The van der Waals surface area contributed by atoms with Crippen LogP contribution < -0.4 is 39.2 Å². The molecular weight excluding hydrogens is 1170 g/mol. The summed E-state index contributed by atoms with van der Waals surface area (Å²) in [6, 6.07) is 51.8. The molecule has 0 bridgehead atoms. The molecule has 19 rings (SSSR count). The lowest BCUT2D eigenvalue weighted by Gasteiger charge is -2.27. The average Bonchev–Trinajstić information content (AvgIpc) is 1.61. The number of halogens is 8. The van der Waals surface area contributed by atoms with Gasteiger partial charge in [-0.3, -0.25) is 0 Å². The smallest absolute Gasteiger partial charge is 0.150 e. The molecule has 0 amide bonds. The molecule has 9 aromatic rings. The zero-order valence-electron chi connectivity index (χ0n) is 49.7. The molecule has 0 fully saturated rings. The summed E-state index contributed by atoms with van der Waals surface area (Å²) in [6.07, 6.45) is 16.6. The quantitative estimate of drug-likeness (QED) is 0.156. The van der Waals surface area contributed by atoms with E-state index in [4.69, 9.17) is 0 Å². The maximum absolute atomic E-state index is 13.6. The fourth-order valence-electron chi connectivity index (χ4n) is 14.4. The Balaban J connectivity index is 0.0000000959. The van der Waals surface area contributed by atoms with Gasteiger partial charge in [-0.15, -0.1) is 0 Å². The molecule has 10 heterocycles. The van der Waals surface area contributed by atoms with Crippen molar-refractivity contribution in [2.24, 2.45) is 0 Å². The predicted octanol–water partition coefficient (Wildman–Crippen LogP) is 16.1. The largest absolute Gasteiger partial charge is 0.358 e. The van der Waals surface area contributed by atoms with Crippen molar-refractivity contribution in [3.8, 4) is 0 Å². The number of likely N-dealkylation sites (N-methyl/N-ethyl adjacent to an activating group) is 3. The molecule has 10 aliphatic rings. The van der Waals surface area contributed by atoms with Crippen LogP contribution in [0.3, 0.4) is 0 Å². The lowest BCUT2D eigenvalue weighted by atomic mass is 10.1. The van der Waals surface area contributed by atoms with Crippen molar-refractivity contribution in [1.29, 1.82) is 0 Å². The summed E-state index contributed by atoms with van der Waals surface area (Å²) in [5, 5.41) is 0. The first-order valence-corrected chi connectivity index (χ1v) is 30.2. The fourth-order valence-corrected chi connectivity index (χ4v) is 14.4. The minimum Gasteiger partial charge on any atom is -0.358 e. The Labute approximate surface area is 522 Å². The van der Waals surface area contributed by atoms with Crippen LogP contribution in [0.5, 0.6) is 0 Å². The Hall–Kier alpha value is -10.4. The number of rotatable bonds is 2. The second kappa shape index (κ2) is 22.6. The molecule has 9 aromatic carbocycles. The van der Waals surface area contributed by atoms with Crippen LogP contribution in [0.4, 0.5) is 97.7 Å². The zero-order chi connectivity index (χ0) is 62.5. The van der Waals surface area contributed by atoms with E-state index in [1.807, 2.05) is 85.1 Å². The third kappa shape index (κ3) is 10.0. The van der Waals surface area contributed by atoms with Crippen molar-refractivity contribution in [3.63, 3.8) is 0 Å². The average molecular weight is 1230 g/mol. The minimum absolute atomic E-state index is 0.0460. The molecular formula is C73H60F8N10. The monoisotopic (exact) mass is 1230 g/mol. The lowest BCUT2D eigenvalue weighted by Crippen LogP contribution is -2.36. The van der Waals surface area contributed by atoms with Gasteiger partial charge in [0.25, 0.3) is 0 Å². The number of para-hydroxylation sites is 4. The molecule has 0 aliphatic carbocycles. The van der Waals surface area contributed by atoms with Gasteiger partial charge in [0, 0.05) is 131 Å². The van der Waals surface area contributed by atoms with Gasteiger partial charge >= 0.3 is 0 Å². The van der Waals surface area contributed by atoms with E-state index in [1.54, 1.807) is 54.6 Å². The van der Waals surface area contributed by atoms with Gasteiger partial charge in [0.1, 0.15) is 77.4 Å². The van der Waals surface area contributed by atoms with Gasteiger partial charge in [0.05, 0.1) is 28.4 Å². The summed E-state index contributed by atoms with van der Waals surface area (Å²) in [4.78, 5) is 21.4. The molecule has 5 unspecified atom stereocenters. The molecule has 0 spiro atoms. The van der Waals surface area contributed by atoms with Crippen LogP contribution in [-0.2, 0) is 32.1 Å². The number of hydrogen-bond acceptors (Lipinski definition) is 10. The maximum atomic E-state index is 13.6. The third-order valence-electron chi connectivity index (χ3n) is 18.6. The van der Waals surface area contributed by atoms with E-state index < -0.39 is 11.6 Å². The molecule has 0 saturated heterocycles. The van der Waals surface area contributed by atoms with Gasteiger partial charge < -0.3 is 49.0 Å². The summed E-state index contributed by atoms with van der Waals surface area (Å²) < 4.78 is 106. The van der Waals surface area contributed by atoms with Crippen molar-refractivity contribution in [3.05, 3.63) is 294 Å². The minimum atomic E-state index is -0.501. The maximum Gasteiger partial charge on any atom is 0.150 e. The SMILES string of the molecule is CN1C=CN2c3c(F)cc(F)cc3CC12.CN1C=CN2c3ccc(F)cc3CC12.CN1c2ccccc2N2c3ccc(F)cc3CC12.Fc1ccc(N2C=CN3c4ccc(F)cc4CC23)cc1.Fc1ccc(N2c3ccccc3N3c4ccc(F)cc4CC23)cc1. The van der Waals surface area contributed by atoms with Gasteiger partial charge in [-0.1, -0.05) is 24.3 Å². The molecule has 5 atom stereocenters. The van der Waals surface area contributed by atoms with Crippen molar-refractivity contribution < 1.29 is 35.1 Å². The number of fused-ring (bicyclic) bond motifs is 19. The van der Waals surface area contributed by atoms with Crippen LogP contribution in [0.25, 0.3) is 0 Å². The molecule has 10 nitrogen and oxygen atoms in total.